The molecule has 0 aliphatic carbocycles. The second kappa shape index (κ2) is 8.61. The Balaban J connectivity index is 1.67. The van der Waals surface area contributed by atoms with Crippen LogP contribution in [-0.4, -0.2) is 68.1 Å². The minimum absolute atomic E-state index is 0.0163. The molecule has 2 aliphatic rings. The number of nitrogens with zero attached hydrogens (tertiary/aromatic N) is 2. The number of hydrogen-bond acceptors (Lipinski definition) is 5. The number of piperidine rings is 1. The molecule has 7 heteroatoms. The van der Waals surface area contributed by atoms with Crippen LogP contribution in [0.25, 0.3) is 0 Å². The van der Waals surface area contributed by atoms with Gasteiger partial charge in [0.1, 0.15) is 5.75 Å². The van der Waals surface area contributed by atoms with Gasteiger partial charge in [-0.2, -0.15) is 0 Å². The van der Waals surface area contributed by atoms with E-state index in [0.29, 0.717) is 18.8 Å². The van der Waals surface area contributed by atoms with E-state index in [2.05, 4.69) is 15.5 Å². The predicted octanol–water partition coefficient (Wildman–Crippen LogP) is 0.991. The van der Waals surface area contributed by atoms with Crippen molar-refractivity contribution in [2.75, 3.05) is 44.2 Å². The smallest absolute Gasteiger partial charge is 0.266 e. The number of ether oxygens (including phenoxy) is 1. The normalized spacial score (nSPS) is 20.9. The number of piperazine rings is 1. The largest absolute Gasteiger partial charge is 0.478 e. The molecule has 2 aliphatic heterocycles. The number of nitrogens with one attached hydrogen (secondary N) is 2. The van der Waals surface area contributed by atoms with Crippen LogP contribution in [-0.2, 0) is 9.59 Å². The van der Waals surface area contributed by atoms with Crippen molar-refractivity contribution in [3.05, 3.63) is 24.3 Å². The van der Waals surface area contributed by atoms with E-state index in [1.807, 2.05) is 43.0 Å². The maximum Gasteiger partial charge on any atom is 0.266 e. The van der Waals surface area contributed by atoms with Crippen LogP contribution in [0.4, 0.5) is 5.69 Å². The monoisotopic (exact) mass is 374 g/mol. The summed E-state index contributed by atoms with van der Waals surface area (Å²) in [4.78, 5) is 27.7. The lowest BCUT2D eigenvalue weighted by molar-refractivity contribution is -0.146. The minimum Gasteiger partial charge on any atom is -0.478 e. The van der Waals surface area contributed by atoms with Gasteiger partial charge in [0.05, 0.1) is 0 Å². The first-order valence-electron chi connectivity index (χ1n) is 9.73. The first-order chi connectivity index (χ1) is 13.0. The third-order valence-corrected chi connectivity index (χ3v) is 5.20. The van der Waals surface area contributed by atoms with Crippen molar-refractivity contribution in [1.29, 1.82) is 0 Å². The molecule has 2 saturated heterocycles. The number of carbonyl (C=O) groups is 2. The lowest BCUT2D eigenvalue weighted by Gasteiger charge is -2.36. The summed E-state index contributed by atoms with van der Waals surface area (Å²) in [5.74, 6) is 0.703. The van der Waals surface area contributed by atoms with Crippen molar-refractivity contribution in [2.24, 2.45) is 0 Å². The Kier molecular flexibility index (Phi) is 6.21. The highest BCUT2D eigenvalue weighted by atomic mass is 16.5. The summed E-state index contributed by atoms with van der Waals surface area (Å²) in [5, 5.41) is 6.14. The Morgan fingerprint density at radius 2 is 2.07 bits per heavy atom. The molecule has 0 unspecified atom stereocenters. The number of hydrogen-bond donors (Lipinski definition) is 2. The molecule has 0 aromatic heterocycles. The Bertz CT molecular complexity index is 658. The summed E-state index contributed by atoms with van der Waals surface area (Å²) in [6.07, 6.45) is 2.80. The fraction of sp³-hybridized carbons (Fsp3) is 0.600. The fourth-order valence-corrected chi connectivity index (χ4v) is 3.77. The summed E-state index contributed by atoms with van der Waals surface area (Å²) >= 11 is 0. The molecule has 1 atom stereocenters. The Morgan fingerprint density at radius 3 is 2.81 bits per heavy atom. The molecule has 2 N–H and O–H groups in total. The highest BCUT2D eigenvalue weighted by molar-refractivity contribution is 5.85. The lowest BCUT2D eigenvalue weighted by Crippen LogP contribution is -2.54. The molecular weight excluding hydrogens is 344 g/mol. The van der Waals surface area contributed by atoms with Crippen molar-refractivity contribution in [1.82, 2.24) is 15.5 Å². The third-order valence-electron chi connectivity index (χ3n) is 5.20. The highest BCUT2D eigenvalue weighted by Gasteiger charge is 2.35. The molecule has 7 nitrogen and oxygen atoms in total. The molecule has 3 rings (SSSR count). The van der Waals surface area contributed by atoms with Gasteiger partial charge >= 0.3 is 0 Å². The third kappa shape index (κ3) is 4.91. The van der Waals surface area contributed by atoms with E-state index in [1.165, 1.54) is 0 Å². The molecule has 0 spiro atoms. The molecule has 2 heterocycles. The van der Waals surface area contributed by atoms with E-state index in [0.717, 1.165) is 51.1 Å². The molecule has 0 bridgehead atoms. The van der Waals surface area contributed by atoms with Crippen LogP contribution in [0.3, 0.4) is 0 Å². The van der Waals surface area contributed by atoms with E-state index < -0.39 is 5.60 Å². The Labute approximate surface area is 161 Å². The van der Waals surface area contributed by atoms with E-state index in [4.69, 9.17) is 4.74 Å². The van der Waals surface area contributed by atoms with E-state index >= 15 is 0 Å². The zero-order chi connectivity index (χ0) is 19.3. The average Bonchev–Trinajstić information content (AvgIpc) is 2.68. The summed E-state index contributed by atoms with van der Waals surface area (Å²) in [6, 6.07) is 8.04. The summed E-state index contributed by atoms with van der Waals surface area (Å²) < 4.78 is 6.11. The molecule has 27 heavy (non-hydrogen) atoms. The van der Waals surface area contributed by atoms with E-state index in [1.54, 1.807) is 0 Å². The van der Waals surface area contributed by atoms with Crippen molar-refractivity contribution < 1.29 is 14.3 Å². The van der Waals surface area contributed by atoms with E-state index in [9.17, 15) is 9.59 Å². The van der Waals surface area contributed by atoms with Gasteiger partial charge in [-0.3, -0.25) is 9.59 Å². The predicted molar refractivity (Wildman–Crippen MR) is 105 cm³/mol. The zero-order valence-electron chi connectivity index (χ0n) is 16.2. The van der Waals surface area contributed by atoms with Gasteiger partial charge in [-0.15, -0.1) is 0 Å². The molecule has 2 fully saturated rings. The highest BCUT2D eigenvalue weighted by Crippen LogP contribution is 2.27. The standard InChI is InChI=1S/C20H30N4O3/c1-20(2,19(26)23-11-8-21-9-12-23)27-18-7-3-6-17(13-18)24-10-4-5-16(14-24)22-15-25/h3,6-7,13,15-16,21H,4-5,8-12,14H2,1-2H3,(H,22,25)/t16-/m0/s1. The lowest BCUT2D eigenvalue weighted by atomic mass is 10.0. The van der Waals surface area contributed by atoms with Gasteiger partial charge in [-0.1, -0.05) is 6.07 Å². The van der Waals surface area contributed by atoms with Gasteiger partial charge in [0.15, 0.2) is 5.60 Å². The van der Waals surface area contributed by atoms with Crippen molar-refractivity contribution >= 4 is 18.0 Å². The summed E-state index contributed by atoms with van der Waals surface area (Å²) in [6.45, 7) is 8.46. The zero-order valence-corrected chi connectivity index (χ0v) is 16.2. The van der Waals surface area contributed by atoms with Crippen molar-refractivity contribution in [3.63, 3.8) is 0 Å². The minimum atomic E-state index is -0.917. The maximum atomic E-state index is 12.8. The molecule has 1 aromatic carbocycles. The van der Waals surface area contributed by atoms with Crippen LogP contribution in [0, 0.1) is 0 Å². The number of carbonyl (C=O) groups excluding carboxylic acids is 2. The van der Waals surface area contributed by atoms with Gasteiger partial charge in [-0.25, -0.2) is 0 Å². The van der Waals surface area contributed by atoms with Crippen LogP contribution in [0.1, 0.15) is 26.7 Å². The average molecular weight is 374 g/mol. The van der Waals surface area contributed by atoms with E-state index in [-0.39, 0.29) is 11.9 Å². The SMILES string of the molecule is CC(C)(Oc1cccc(N2CCC[C@H](NC=O)C2)c1)C(=O)N1CCNCC1. The topological polar surface area (TPSA) is 73.9 Å². The Hall–Kier alpha value is -2.28. The van der Waals surface area contributed by atoms with Gasteiger partial charge in [-0.05, 0) is 38.8 Å². The van der Waals surface area contributed by atoms with Crippen LogP contribution in [0.15, 0.2) is 24.3 Å². The number of rotatable bonds is 6. The summed E-state index contributed by atoms with van der Waals surface area (Å²) in [7, 11) is 0. The summed E-state index contributed by atoms with van der Waals surface area (Å²) in [5.41, 5.74) is 0.134. The molecule has 1 aromatic rings. The Morgan fingerprint density at radius 1 is 1.30 bits per heavy atom. The second-order valence-electron chi connectivity index (χ2n) is 7.72. The number of benzene rings is 1. The van der Waals surface area contributed by atoms with Crippen LogP contribution in [0.2, 0.25) is 0 Å². The van der Waals surface area contributed by atoms with Gasteiger partial charge in [0.25, 0.3) is 5.91 Å². The van der Waals surface area contributed by atoms with Crippen molar-refractivity contribution in [2.45, 2.75) is 38.3 Å². The number of anilines is 1. The molecule has 2 amide bonds. The molecular formula is C20H30N4O3. The van der Waals surface area contributed by atoms with Crippen LogP contribution >= 0.6 is 0 Å². The first-order valence-corrected chi connectivity index (χ1v) is 9.73. The van der Waals surface area contributed by atoms with Crippen LogP contribution < -0.4 is 20.3 Å². The molecule has 0 radical (unpaired) electrons. The van der Waals surface area contributed by atoms with Crippen molar-refractivity contribution in [3.8, 4) is 5.75 Å². The van der Waals surface area contributed by atoms with Gasteiger partial charge in [0, 0.05) is 57.1 Å². The first kappa shape index (κ1) is 19.5. The fourth-order valence-electron chi connectivity index (χ4n) is 3.77. The molecule has 148 valence electrons. The quantitative estimate of drug-likeness (QED) is 0.727. The second-order valence-corrected chi connectivity index (χ2v) is 7.72. The number of amides is 2. The van der Waals surface area contributed by atoms with Gasteiger partial charge < -0.3 is 25.2 Å². The maximum absolute atomic E-state index is 12.8. The molecule has 0 saturated carbocycles. The van der Waals surface area contributed by atoms with Crippen LogP contribution in [0.5, 0.6) is 5.75 Å². The van der Waals surface area contributed by atoms with Gasteiger partial charge in [0.2, 0.25) is 6.41 Å².